The van der Waals surface area contributed by atoms with E-state index in [4.69, 9.17) is 14.2 Å². The van der Waals surface area contributed by atoms with Crippen molar-refractivity contribution < 1.29 is 34.0 Å². The second-order valence-electron chi connectivity index (χ2n) is 8.74. The van der Waals surface area contributed by atoms with Crippen molar-refractivity contribution in [3.8, 4) is 11.5 Å². The third kappa shape index (κ3) is 7.44. The molecule has 0 saturated heterocycles. The average Bonchev–Trinajstić information content (AvgIpc) is 2.76. The molecule has 2 rings (SSSR count). The molecule has 0 radical (unpaired) electrons. The van der Waals surface area contributed by atoms with Crippen molar-refractivity contribution in [2.75, 3.05) is 26.4 Å². The third-order valence-electron chi connectivity index (χ3n) is 4.72. The number of hydrogen-bond donors (Lipinski definition) is 2. The van der Waals surface area contributed by atoms with Crippen molar-refractivity contribution in [2.24, 2.45) is 0 Å². The molecule has 0 bridgehead atoms. The molecule has 0 aliphatic heterocycles. The maximum atomic E-state index is 12.9. The van der Waals surface area contributed by atoms with Gasteiger partial charge < -0.3 is 24.4 Å². The van der Waals surface area contributed by atoms with Crippen molar-refractivity contribution >= 4 is 11.8 Å². The van der Waals surface area contributed by atoms with Crippen LogP contribution in [0.25, 0.3) is 0 Å². The third-order valence-corrected chi connectivity index (χ3v) is 4.72. The van der Waals surface area contributed by atoms with E-state index in [2.05, 4.69) is 6.58 Å². The number of benzene rings is 2. The average molecular weight is 457 g/mol. The lowest BCUT2D eigenvalue weighted by atomic mass is 9.83. The van der Waals surface area contributed by atoms with E-state index in [9.17, 15) is 19.8 Å². The highest BCUT2D eigenvalue weighted by atomic mass is 16.6. The molecule has 1 unspecified atom stereocenters. The molecule has 0 fully saturated rings. The molecule has 0 saturated carbocycles. The van der Waals surface area contributed by atoms with Crippen LogP contribution in [0.4, 0.5) is 0 Å². The zero-order chi connectivity index (χ0) is 24.6. The second-order valence-corrected chi connectivity index (χ2v) is 8.74. The number of carbonyl (C=O) groups is 2. The molecule has 0 heterocycles. The Labute approximate surface area is 194 Å². The van der Waals surface area contributed by atoms with E-state index < -0.39 is 17.5 Å². The van der Waals surface area contributed by atoms with Gasteiger partial charge in [-0.2, -0.15) is 0 Å². The number of aliphatic hydroxyl groups is 1. The van der Waals surface area contributed by atoms with Crippen LogP contribution in [0.2, 0.25) is 0 Å². The Morgan fingerprint density at radius 2 is 1.70 bits per heavy atom. The number of aliphatic hydroxyl groups excluding tert-OH is 1. The summed E-state index contributed by atoms with van der Waals surface area (Å²) in [6, 6.07) is 11.9. The lowest BCUT2D eigenvalue weighted by Crippen LogP contribution is -2.26. The maximum absolute atomic E-state index is 12.9. The van der Waals surface area contributed by atoms with Crippen molar-refractivity contribution in [1.82, 2.24) is 0 Å². The fourth-order valence-corrected chi connectivity index (χ4v) is 3.12. The molecule has 0 aliphatic carbocycles. The van der Waals surface area contributed by atoms with E-state index in [1.165, 1.54) is 6.07 Å². The first-order valence-electron chi connectivity index (χ1n) is 10.7. The number of ketones is 1. The Hall–Kier alpha value is -3.16. The molecule has 0 spiro atoms. The van der Waals surface area contributed by atoms with Gasteiger partial charge in [0.15, 0.2) is 5.78 Å². The first-order valence-corrected chi connectivity index (χ1v) is 10.7. The Morgan fingerprint density at radius 1 is 1.03 bits per heavy atom. The molecule has 7 nitrogen and oxygen atoms in total. The molecular formula is C26H32O7. The first-order chi connectivity index (χ1) is 15.5. The lowest BCUT2D eigenvalue weighted by Gasteiger charge is -2.26. The summed E-state index contributed by atoms with van der Waals surface area (Å²) in [5, 5.41) is 21.1. The molecule has 1 atom stereocenters. The van der Waals surface area contributed by atoms with E-state index in [0.29, 0.717) is 22.4 Å². The molecule has 2 aromatic rings. The van der Waals surface area contributed by atoms with Crippen LogP contribution in [0, 0.1) is 0 Å². The number of hydrogen-bond acceptors (Lipinski definition) is 7. The largest absolute Gasteiger partial charge is 0.507 e. The summed E-state index contributed by atoms with van der Waals surface area (Å²) >= 11 is 0. The summed E-state index contributed by atoms with van der Waals surface area (Å²) in [4.78, 5) is 24.2. The quantitative estimate of drug-likeness (QED) is 0.229. The van der Waals surface area contributed by atoms with Crippen molar-refractivity contribution in [3.63, 3.8) is 0 Å². The topological polar surface area (TPSA) is 102 Å². The van der Waals surface area contributed by atoms with Gasteiger partial charge in [-0.1, -0.05) is 57.7 Å². The van der Waals surface area contributed by atoms with E-state index in [1.54, 1.807) is 37.3 Å². The SMILES string of the molecule is C=C(C)C(=O)OCCOCC(O)COc1ccc(C(=O)c2ccccc2)c(O)c1C(C)(C)C. The Balaban J connectivity index is 2.03. The standard InChI is InChI=1S/C26H32O7/c1-17(2)25(30)32-14-13-31-15-19(27)16-33-21-12-11-20(24(29)22(21)26(3,4)5)23(28)18-9-7-6-8-10-18/h6-12,19,27,29H,1,13-16H2,2-5H3. The Bertz CT molecular complexity index is 974. The molecule has 7 heteroatoms. The molecule has 2 N–H and O–H groups in total. The van der Waals surface area contributed by atoms with Crippen LogP contribution in [0.3, 0.4) is 0 Å². The predicted molar refractivity (Wildman–Crippen MR) is 125 cm³/mol. The van der Waals surface area contributed by atoms with E-state index in [-0.39, 0.29) is 43.5 Å². The molecule has 0 aromatic heterocycles. The Kier molecular flexibility index (Phi) is 9.20. The van der Waals surface area contributed by atoms with Crippen LogP contribution in [-0.4, -0.2) is 54.5 Å². The fourth-order valence-electron chi connectivity index (χ4n) is 3.12. The number of phenols is 1. The molecular weight excluding hydrogens is 424 g/mol. The molecule has 178 valence electrons. The van der Waals surface area contributed by atoms with Crippen molar-refractivity contribution in [2.45, 2.75) is 39.2 Å². The minimum absolute atomic E-state index is 0.0218. The van der Waals surface area contributed by atoms with E-state index >= 15 is 0 Å². The predicted octanol–water partition coefficient (Wildman–Crippen LogP) is 3.80. The van der Waals surface area contributed by atoms with E-state index in [0.717, 1.165) is 0 Å². The maximum Gasteiger partial charge on any atom is 0.333 e. The zero-order valence-corrected chi connectivity index (χ0v) is 19.6. The summed E-state index contributed by atoms with van der Waals surface area (Å²) in [5.41, 5.74) is 0.914. The Morgan fingerprint density at radius 3 is 2.30 bits per heavy atom. The van der Waals surface area contributed by atoms with Gasteiger partial charge in [-0.3, -0.25) is 4.79 Å². The van der Waals surface area contributed by atoms with Crippen LogP contribution < -0.4 is 4.74 Å². The normalized spacial score (nSPS) is 12.2. The van der Waals surface area contributed by atoms with E-state index in [1.807, 2.05) is 26.8 Å². The van der Waals surface area contributed by atoms with Crippen LogP contribution in [0.5, 0.6) is 11.5 Å². The number of rotatable bonds is 11. The lowest BCUT2D eigenvalue weighted by molar-refractivity contribution is -0.140. The summed E-state index contributed by atoms with van der Waals surface area (Å²) in [5.74, 6) is -0.546. The van der Waals surface area contributed by atoms with Crippen LogP contribution >= 0.6 is 0 Å². The van der Waals surface area contributed by atoms with Crippen LogP contribution in [0.15, 0.2) is 54.6 Å². The number of phenolic OH excluding ortho intramolecular Hbond substituents is 1. The number of ether oxygens (including phenoxy) is 3. The number of esters is 1. The van der Waals surface area contributed by atoms with Crippen molar-refractivity contribution in [1.29, 1.82) is 0 Å². The molecule has 0 amide bonds. The fraction of sp³-hybridized carbons (Fsp3) is 0.385. The van der Waals surface area contributed by atoms with Gasteiger partial charge in [0.05, 0.1) is 18.8 Å². The summed E-state index contributed by atoms with van der Waals surface area (Å²) in [6.45, 7) is 10.8. The highest BCUT2D eigenvalue weighted by Gasteiger charge is 2.28. The highest BCUT2D eigenvalue weighted by Crippen LogP contribution is 2.41. The minimum atomic E-state index is -0.942. The molecule has 0 aliphatic rings. The first kappa shape index (κ1) is 26.1. The van der Waals surface area contributed by atoms with Crippen molar-refractivity contribution in [3.05, 3.63) is 71.3 Å². The van der Waals surface area contributed by atoms with Gasteiger partial charge in [-0.15, -0.1) is 0 Å². The molecule has 33 heavy (non-hydrogen) atoms. The van der Waals surface area contributed by atoms with Crippen LogP contribution in [-0.2, 0) is 19.7 Å². The van der Waals surface area contributed by atoms with Gasteiger partial charge in [-0.05, 0) is 24.5 Å². The van der Waals surface area contributed by atoms with Gasteiger partial charge in [0, 0.05) is 16.7 Å². The van der Waals surface area contributed by atoms with Gasteiger partial charge in [-0.25, -0.2) is 4.79 Å². The smallest absolute Gasteiger partial charge is 0.333 e. The highest BCUT2D eigenvalue weighted by molar-refractivity contribution is 6.11. The number of aromatic hydroxyl groups is 1. The van der Waals surface area contributed by atoms with Crippen LogP contribution in [0.1, 0.15) is 49.2 Å². The minimum Gasteiger partial charge on any atom is -0.507 e. The molecule has 2 aromatic carbocycles. The summed E-state index contributed by atoms with van der Waals surface area (Å²) in [6.07, 6.45) is -0.942. The monoisotopic (exact) mass is 456 g/mol. The van der Waals surface area contributed by atoms with Gasteiger partial charge in [0.1, 0.15) is 30.8 Å². The summed E-state index contributed by atoms with van der Waals surface area (Å²) < 4.78 is 16.0. The second kappa shape index (κ2) is 11.6. The van der Waals surface area contributed by atoms with Gasteiger partial charge >= 0.3 is 5.97 Å². The van der Waals surface area contributed by atoms with Gasteiger partial charge in [0.25, 0.3) is 0 Å². The zero-order valence-electron chi connectivity index (χ0n) is 19.6. The summed E-state index contributed by atoms with van der Waals surface area (Å²) in [7, 11) is 0. The number of carbonyl (C=O) groups excluding carboxylic acids is 2. The van der Waals surface area contributed by atoms with Gasteiger partial charge in [0.2, 0.25) is 0 Å².